The third kappa shape index (κ3) is 4.01. The van der Waals surface area contributed by atoms with Gasteiger partial charge in [0.15, 0.2) is 17.4 Å². The molecule has 2 aromatic carbocycles. The van der Waals surface area contributed by atoms with Crippen LogP contribution in [0.15, 0.2) is 72.6 Å². The first-order valence-electron chi connectivity index (χ1n) is 9.34. The molecule has 0 aliphatic carbocycles. The minimum absolute atomic E-state index is 0.168. The number of benzene rings is 2. The van der Waals surface area contributed by atoms with E-state index in [-0.39, 0.29) is 18.1 Å². The molecular weight excluding hydrogens is 398 g/mol. The third-order valence-corrected chi connectivity index (χ3v) is 5.29. The average molecular weight is 417 g/mol. The maximum absolute atomic E-state index is 13.1. The molecule has 0 saturated carbocycles. The summed E-state index contributed by atoms with van der Waals surface area (Å²) in [6, 6.07) is 17.2. The summed E-state index contributed by atoms with van der Waals surface area (Å²) < 4.78 is 5.27. The van der Waals surface area contributed by atoms with Crippen LogP contribution in [0.1, 0.15) is 20.8 Å². The lowest BCUT2D eigenvalue weighted by atomic mass is 10.0. The SMILES string of the molecule is C=CCNc1nc(C(=O)OCC(=O)c2c(-c3ccccc3)[nH]c3ccccc23)cs1. The lowest BCUT2D eigenvalue weighted by Crippen LogP contribution is -2.15. The fourth-order valence-corrected chi connectivity index (χ4v) is 3.83. The molecule has 2 N–H and O–H groups in total. The van der Waals surface area contributed by atoms with E-state index in [1.165, 1.54) is 11.3 Å². The first kappa shape index (κ1) is 19.6. The molecule has 0 aliphatic heterocycles. The highest BCUT2D eigenvalue weighted by molar-refractivity contribution is 7.13. The number of anilines is 1. The molecule has 7 heteroatoms. The van der Waals surface area contributed by atoms with Crippen molar-refractivity contribution in [1.29, 1.82) is 0 Å². The molecule has 0 radical (unpaired) electrons. The van der Waals surface area contributed by atoms with Crippen molar-refractivity contribution in [2.24, 2.45) is 0 Å². The standard InChI is InChI=1S/C23H19N3O3S/c1-2-12-24-23-26-18(14-30-23)22(28)29-13-19(27)20-16-10-6-7-11-17(16)25-21(20)15-8-4-3-5-9-15/h2-11,14,25H,1,12-13H2,(H,24,26). The molecular formula is C23H19N3O3S. The molecule has 6 nitrogen and oxygen atoms in total. The number of rotatable bonds is 8. The molecule has 0 bridgehead atoms. The number of Topliss-reactive ketones (excluding diaryl/α,β-unsaturated/α-hetero) is 1. The number of aromatic nitrogens is 2. The van der Waals surface area contributed by atoms with Crippen LogP contribution in [-0.4, -0.2) is 34.9 Å². The zero-order chi connectivity index (χ0) is 20.9. The van der Waals surface area contributed by atoms with Gasteiger partial charge in [0.05, 0.1) is 11.3 Å². The zero-order valence-corrected chi connectivity index (χ0v) is 16.9. The van der Waals surface area contributed by atoms with Crippen LogP contribution in [0.2, 0.25) is 0 Å². The smallest absolute Gasteiger partial charge is 0.358 e. The van der Waals surface area contributed by atoms with E-state index in [1.807, 2.05) is 54.6 Å². The van der Waals surface area contributed by atoms with E-state index in [9.17, 15) is 9.59 Å². The minimum Gasteiger partial charge on any atom is -0.453 e. The van der Waals surface area contributed by atoms with E-state index in [0.29, 0.717) is 22.9 Å². The predicted octanol–water partition coefficient (Wildman–Crippen LogP) is 4.93. The molecule has 0 spiro atoms. The predicted molar refractivity (Wildman–Crippen MR) is 119 cm³/mol. The summed E-state index contributed by atoms with van der Waals surface area (Å²) in [6.45, 7) is 3.80. The number of aromatic amines is 1. The van der Waals surface area contributed by atoms with Crippen LogP contribution >= 0.6 is 11.3 Å². The molecule has 30 heavy (non-hydrogen) atoms. The van der Waals surface area contributed by atoms with Crippen molar-refractivity contribution in [3.05, 3.63) is 83.9 Å². The Bertz CT molecular complexity index is 1210. The molecule has 0 fully saturated rings. The van der Waals surface area contributed by atoms with Gasteiger partial charge in [-0.25, -0.2) is 9.78 Å². The Morgan fingerprint density at radius 1 is 1.13 bits per heavy atom. The van der Waals surface area contributed by atoms with Crippen LogP contribution in [-0.2, 0) is 4.74 Å². The number of ketones is 1. The van der Waals surface area contributed by atoms with Gasteiger partial charge < -0.3 is 15.0 Å². The van der Waals surface area contributed by atoms with Gasteiger partial charge in [-0.05, 0) is 11.6 Å². The maximum atomic E-state index is 13.1. The number of para-hydroxylation sites is 1. The number of carbonyl (C=O) groups is 2. The number of esters is 1. The molecule has 0 saturated heterocycles. The van der Waals surface area contributed by atoms with E-state index < -0.39 is 5.97 Å². The van der Waals surface area contributed by atoms with Crippen molar-refractivity contribution >= 4 is 39.1 Å². The Balaban J connectivity index is 1.55. The number of hydrogen-bond donors (Lipinski definition) is 2. The van der Waals surface area contributed by atoms with Gasteiger partial charge in [-0.1, -0.05) is 54.6 Å². The van der Waals surface area contributed by atoms with Crippen LogP contribution < -0.4 is 5.32 Å². The minimum atomic E-state index is -0.632. The van der Waals surface area contributed by atoms with E-state index in [2.05, 4.69) is 21.9 Å². The van der Waals surface area contributed by atoms with Gasteiger partial charge in [-0.3, -0.25) is 4.79 Å². The molecule has 4 rings (SSSR count). The van der Waals surface area contributed by atoms with Crippen LogP contribution in [0.5, 0.6) is 0 Å². The van der Waals surface area contributed by atoms with Crippen molar-refractivity contribution in [2.75, 3.05) is 18.5 Å². The van der Waals surface area contributed by atoms with E-state index in [0.717, 1.165) is 16.5 Å². The van der Waals surface area contributed by atoms with Gasteiger partial charge in [0, 0.05) is 22.8 Å². The molecule has 150 valence electrons. The van der Waals surface area contributed by atoms with Gasteiger partial charge in [-0.15, -0.1) is 17.9 Å². The van der Waals surface area contributed by atoms with Crippen molar-refractivity contribution in [3.63, 3.8) is 0 Å². The van der Waals surface area contributed by atoms with Gasteiger partial charge in [0.2, 0.25) is 5.78 Å². The summed E-state index contributed by atoms with van der Waals surface area (Å²) in [4.78, 5) is 32.9. The van der Waals surface area contributed by atoms with Crippen molar-refractivity contribution in [2.45, 2.75) is 0 Å². The highest BCUT2D eigenvalue weighted by Gasteiger charge is 2.21. The summed E-state index contributed by atoms with van der Waals surface area (Å²) >= 11 is 1.29. The van der Waals surface area contributed by atoms with Crippen molar-refractivity contribution in [1.82, 2.24) is 9.97 Å². The number of nitrogens with one attached hydrogen (secondary N) is 2. The number of hydrogen-bond acceptors (Lipinski definition) is 6. The Hall–Kier alpha value is -3.71. The van der Waals surface area contributed by atoms with Gasteiger partial charge in [0.25, 0.3) is 0 Å². The first-order chi connectivity index (χ1) is 14.7. The summed E-state index contributed by atoms with van der Waals surface area (Å²) in [7, 11) is 0. The zero-order valence-electron chi connectivity index (χ0n) is 16.1. The molecule has 2 heterocycles. The summed E-state index contributed by atoms with van der Waals surface area (Å²) in [5.41, 5.74) is 3.13. The number of thiazole rings is 1. The van der Waals surface area contributed by atoms with Gasteiger partial charge >= 0.3 is 5.97 Å². The monoisotopic (exact) mass is 417 g/mol. The summed E-state index contributed by atoms with van der Waals surface area (Å²) in [5, 5.41) is 6.00. The molecule has 0 unspecified atom stereocenters. The Morgan fingerprint density at radius 3 is 2.70 bits per heavy atom. The Kier molecular flexibility index (Phi) is 5.72. The molecule has 2 aromatic heterocycles. The average Bonchev–Trinajstić information content (AvgIpc) is 3.41. The topological polar surface area (TPSA) is 84.1 Å². The van der Waals surface area contributed by atoms with Crippen molar-refractivity contribution < 1.29 is 14.3 Å². The van der Waals surface area contributed by atoms with Crippen molar-refractivity contribution in [3.8, 4) is 11.3 Å². The molecule has 0 atom stereocenters. The second-order valence-corrected chi connectivity index (χ2v) is 7.35. The lowest BCUT2D eigenvalue weighted by molar-refractivity contribution is 0.0470. The second-order valence-electron chi connectivity index (χ2n) is 6.49. The first-order valence-corrected chi connectivity index (χ1v) is 10.2. The molecule has 4 aromatic rings. The Labute approximate surface area is 177 Å². The highest BCUT2D eigenvalue weighted by Crippen LogP contribution is 2.30. The van der Waals surface area contributed by atoms with Crippen LogP contribution in [0, 0.1) is 0 Å². The number of H-pyrrole nitrogens is 1. The van der Waals surface area contributed by atoms with E-state index in [1.54, 1.807) is 11.5 Å². The number of carbonyl (C=O) groups excluding carboxylic acids is 2. The van der Waals surface area contributed by atoms with E-state index >= 15 is 0 Å². The second kappa shape index (κ2) is 8.75. The number of fused-ring (bicyclic) bond motifs is 1. The normalized spacial score (nSPS) is 10.7. The fraction of sp³-hybridized carbons (Fsp3) is 0.0870. The maximum Gasteiger partial charge on any atom is 0.358 e. The Morgan fingerprint density at radius 2 is 1.90 bits per heavy atom. The summed E-state index contributed by atoms with van der Waals surface area (Å²) in [5.74, 6) is -0.910. The highest BCUT2D eigenvalue weighted by atomic mass is 32.1. The number of ether oxygens (including phenoxy) is 1. The molecule has 0 aliphatic rings. The van der Waals surface area contributed by atoms with Gasteiger partial charge in [-0.2, -0.15) is 0 Å². The lowest BCUT2D eigenvalue weighted by Gasteiger charge is -2.06. The number of nitrogens with zero attached hydrogens (tertiary/aromatic N) is 1. The van der Waals surface area contributed by atoms with Gasteiger partial charge in [0.1, 0.15) is 0 Å². The largest absolute Gasteiger partial charge is 0.453 e. The fourth-order valence-electron chi connectivity index (χ4n) is 3.14. The molecule has 0 amide bonds. The van der Waals surface area contributed by atoms with Crippen LogP contribution in [0.25, 0.3) is 22.2 Å². The van der Waals surface area contributed by atoms with E-state index in [4.69, 9.17) is 4.74 Å². The summed E-state index contributed by atoms with van der Waals surface area (Å²) in [6.07, 6.45) is 1.70. The van der Waals surface area contributed by atoms with Crippen LogP contribution in [0.4, 0.5) is 5.13 Å². The van der Waals surface area contributed by atoms with Crippen LogP contribution in [0.3, 0.4) is 0 Å². The quantitative estimate of drug-likeness (QED) is 0.241. The third-order valence-electron chi connectivity index (χ3n) is 4.49.